The predicted molar refractivity (Wildman–Crippen MR) is 78.6 cm³/mol. The molecule has 2 rings (SSSR count). The number of carbonyl (C=O) groups is 1. The van der Waals surface area contributed by atoms with Gasteiger partial charge in [0, 0.05) is 11.1 Å². The number of aliphatic carboxylic acids is 1. The summed E-state index contributed by atoms with van der Waals surface area (Å²) in [5.74, 6) is -1.11. The van der Waals surface area contributed by atoms with E-state index in [-0.39, 0.29) is 5.02 Å². The molecule has 0 bridgehead atoms. The van der Waals surface area contributed by atoms with E-state index in [1.165, 1.54) is 18.2 Å². The van der Waals surface area contributed by atoms with Gasteiger partial charge in [-0.3, -0.25) is 0 Å². The molecule has 0 spiro atoms. The molecule has 0 amide bonds. The highest BCUT2D eigenvalue weighted by Crippen LogP contribution is 2.33. The summed E-state index contributed by atoms with van der Waals surface area (Å²) in [6, 6.07) is 9.55. The van der Waals surface area contributed by atoms with Crippen LogP contribution in [0.4, 0.5) is 13.2 Å². The van der Waals surface area contributed by atoms with Crippen LogP contribution in [0.15, 0.2) is 48.5 Å². The molecule has 0 aliphatic rings. The number of halogens is 4. The Labute approximate surface area is 129 Å². The van der Waals surface area contributed by atoms with E-state index in [0.717, 1.165) is 18.2 Å². The number of alkyl halides is 3. The number of rotatable bonds is 3. The minimum atomic E-state index is -4.41. The van der Waals surface area contributed by atoms with Crippen molar-refractivity contribution in [1.29, 1.82) is 0 Å². The van der Waals surface area contributed by atoms with Crippen molar-refractivity contribution in [3.63, 3.8) is 0 Å². The van der Waals surface area contributed by atoms with Gasteiger partial charge in [-0.2, -0.15) is 13.2 Å². The topological polar surface area (TPSA) is 37.3 Å². The zero-order chi connectivity index (χ0) is 16.3. The lowest BCUT2D eigenvalue weighted by Crippen LogP contribution is -2.04. The average Bonchev–Trinajstić information content (AvgIpc) is 2.45. The molecule has 0 atom stereocenters. The fraction of sp³-hybridized carbons (Fsp3) is 0.0625. The van der Waals surface area contributed by atoms with Gasteiger partial charge < -0.3 is 5.11 Å². The van der Waals surface area contributed by atoms with Gasteiger partial charge in [0.2, 0.25) is 0 Å². The van der Waals surface area contributed by atoms with Gasteiger partial charge in [0.15, 0.2) is 0 Å². The van der Waals surface area contributed by atoms with Crippen LogP contribution in [0.5, 0.6) is 0 Å². The zero-order valence-electron chi connectivity index (χ0n) is 11.1. The summed E-state index contributed by atoms with van der Waals surface area (Å²) in [7, 11) is 0. The summed E-state index contributed by atoms with van der Waals surface area (Å²) in [6.45, 7) is 0. The second-order valence-electron chi connectivity index (χ2n) is 4.49. The lowest BCUT2D eigenvalue weighted by Gasteiger charge is -2.09. The molecule has 6 heteroatoms. The van der Waals surface area contributed by atoms with E-state index in [4.69, 9.17) is 16.7 Å². The predicted octanol–water partition coefficient (Wildman–Crippen LogP) is 5.12. The summed E-state index contributed by atoms with van der Waals surface area (Å²) in [4.78, 5) is 10.5. The maximum atomic E-state index is 12.7. The first-order valence-electron chi connectivity index (χ1n) is 6.15. The largest absolute Gasteiger partial charge is 0.478 e. The Morgan fingerprint density at radius 1 is 1.09 bits per heavy atom. The summed E-state index contributed by atoms with van der Waals surface area (Å²) < 4.78 is 38.1. The van der Waals surface area contributed by atoms with Crippen molar-refractivity contribution >= 4 is 23.6 Å². The fourth-order valence-corrected chi connectivity index (χ4v) is 2.12. The average molecular weight is 327 g/mol. The quantitative estimate of drug-likeness (QED) is 0.794. The molecule has 114 valence electrons. The maximum Gasteiger partial charge on any atom is 0.416 e. The molecule has 22 heavy (non-hydrogen) atoms. The van der Waals surface area contributed by atoms with Gasteiger partial charge in [-0.25, -0.2) is 4.79 Å². The Bertz CT molecular complexity index is 736. The summed E-state index contributed by atoms with van der Waals surface area (Å²) in [5, 5.41) is 8.83. The molecule has 0 fully saturated rings. The number of hydrogen-bond donors (Lipinski definition) is 1. The first-order valence-corrected chi connectivity index (χ1v) is 6.53. The van der Waals surface area contributed by atoms with Crippen molar-refractivity contribution in [1.82, 2.24) is 0 Å². The Morgan fingerprint density at radius 2 is 1.77 bits per heavy atom. The van der Waals surface area contributed by atoms with E-state index in [9.17, 15) is 18.0 Å². The lowest BCUT2D eigenvalue weighted by molar-refractivity contribution is -0.137. The van der Waals surface area contributed by atoms with Crippen molar-refractivity contribution in [2.24, 2.45) is 0 Å². The minimum Gasteiger partial charge on any atom is -0.478 e. The molecule has 0 saturated carbocycles. The van der Waals surface area contributed by atoms with E-state index >= 15 is 0 Å². The smallest absolute Gasteiger partial charge is 0.416 e. The Hall–Kier alpha value is -2.27. The maximum absolute atomic E-state index is 12.7. The second kappa shape index (κ2) is 6.23. The monoisotopic (exact) mass is 326 g/mol. The number of carboxylic acid groups (broad SMARTS) is 1. The summed E-state index contributed by atoms with van der Waals surface area (Å²) in [5.41, 5.74) is 0.629. The van der Waals surface area contributed by atoms with Crippen LogP contribution in [0.3, 0.4) is 0 Å². The van der Waals surface area contributed by atoms with E-state index in [1.807, 2.05) is 0 Å². The van der Waals surface area contributed by atoms with Crippen molar-refractivity contribution in [3.8, 4) is 11.1 Å². The fourth-order valence-electron chi connectivity index (χ4n) is 1.88. The Balaban J connectivity index is 2.38. The number of hydrogen-bond acceptors (Lipinski definition) is 1. The molecule has 2 aromatic rings. The lowest BCUT2D eigenvalue weighted by atomic mass is 10.0. The first-order chi connectivity index (χ1) is 10.3. The van der Waals surface area contributed by atoms with E-state index in [1.54, 1.807) is 18.2 Å². The molecule has 0 aliphatic heterocycles. The normalized spacial score (nSPS) is 11.8. The van der Waals surface area contributed by atoms with E-state index < -0.39 is 17.7 Å². The highest BCUT2D eigenvalue weighted by molar-refractivity contribution is 6.32. The van der Waals surface area contributed by atoms with Crippen molar-refractivity contribution < 1.29 is 23.1 Å². The highest BCUT2D eigenvalue weighted by atomic mass is 35.5. The van der Waals surface area contributed by atoms with Gasteiger partial charge >= 0.3 is 12.1 Å². The molecular formula is C16H10ClF3O2. The van der Waals surface area contributed by atoms with Gasteiger partial charge in [0.25, 0.3) is 0 Å². The molecule has 1 N–H and O–H groups in total. The van der Waals surface area contributed by atoms with Gasteiger partial charge in [0.1, 0.15) is 0 Å². The van der Waals surface area contributed by atoms with Crippen LogP contribution in [-0.2, 0) is 11.0 Å². The van der Waals surface area contributed by atoms with Crippen LogP contribution in [0.2, 0.25) is 5.02 Å². The number of benzene rings is 2. The molecule has 0 radical (unpaired) electrons. The number of carboxylic acids is 1. The van der Waals surface area contributed by atoms with E-state index in [2.05, 4.69) is 0 Å². The Kier molecular flexibility index (Phi) is 4.56. The molecule has 2 aromatic carbocycles. The van der Waals surface area contributed by atoms with Gasteiger partial charge in [-0.05, 0) is 41.0 Å². The molecule has 0 saturated heterocycles. The van der Waals surface area contributed by atoms with Crippen LogP contribution < -0.4 is 0 Å². The van der Waals surface area contributed by atoms with E-state index in [0.29, 0.717) is 16.7 Å². The first kappa shape index (κ1) is 16.1. The third-order valence-corrected chi connectivity index (χ3v) is 3.26. The Morgan fingerprint density at radius 3 is 2.36 bits per heavy atom. The van der Waals surface area contributed by atoms with Crippen LogP contribution in [0.25, 0.3) is 17.2 Å². The van der Waals surface area contributed by atoms with Crippen molar-refractivity contribution in [2.75, 3.05) is 0 Å². The van der Waals surface area contributed by atoms with Gasteiger partial charge in [-0.1, -0.05) is 35.9 Å². The van der Waals surface area contributed by atoms with Crippen molar-refractivity contribution in [2.45, 2.75) is 6.18 Å². The third-order valence-electron chi connectivity index (χ3n) is 2.93. The SMILES string of the molecule is O=C(O)/C=C/c1ccc(-c2cccc(C(F)(F)F)c2)cc1Cl. The second-order valence-corrected chi connectivity index (χ2v) is 4.89. The van der Waals surface area contributed by atoms with Crippen LogP contribution in [0, 0.1) is 0 Å². The zero-order valence-corrected chi connectivity index (χ0v) is 11.8. The summed E-state index contributed by atoms with van der Waals surface area (Å²) >= 11 is 6.03. The third kappa shape index (κ3) is 3.89. The van der Waals surface area contributed by atoms with Crippen LogP contribution in [-0.4, -0.2) is 11.1 Å². The molecule has 0 aromatic heterocycles. The summed E-state index contributed by atoms with van der Waals surface area (Å²) in [6.07, 6.45) is -2.16. The molecule has 0 heterocycles. The van der Waals surface area contributed by atoms with Gasteiger partial charge in [0.05, 0.1) is 5.56 Å². The minimum absolute atomic E-state index is 0.257. The molecular weight excluding hydrogens is 317 g/mol. The van der Waals surface area contributed by atoms with Crippen LogP contribution >= 0.6 is 11.6 Å². The molecule has 0 unspecified atom stereocenters. The standard InChI is InChI=1S/C16H10ClF3O2/c17-14-9-12(5-4-10(14)6-7-15(21)22)11-2-1-3-13(8-11)16(18,19)20/h1-9H,(H,21,22)/b7-6+. The molecule has 0 aliphatic carbocycles. The van der Waals surface area contributed by atoms with Crippen LogP contribution in [0.1, 0.15) is 11.1 Å². The van der Waals surface area contributed by atoms with Gasteiger partial charge in [-0.15, -0.1) is 0 Å². The molecule has 2 nitrogen and oxygen atoms in total. The highest BCUT2D eigenvalue weighted by Gasteiger charge is 2.30. The van der Waals surface area contributed by atoms with Crippen molar-refractivity contribution in [3.05, 3.63) is 64.7 Å².